The van der Waals surface area contributed by atoms with Crippen molar-refractivity contribution in [2.75, 3.05) is 0 Å². The molecule has 10 aromatic rings. The minimum Gasteiger partial charge on any atom is -0.476 e. The second-order valence-electron chi connectivity index (χ2n) is 16.9. The lowest BCUT2D eigenvalue weighted by molar-refractivity contribution is 0.0690. The zero-order valence-corrected chi connectivity index (χ0v) is 39.6. The average Bonchev–Trinajstić information content (AvgIpc) is 3.89. The monoisotopic (exact) mass is 1010 g/mol. The van der Waals surface area contributed by atoms with E-state index in [1.165, 1.54) is 76.9 Å². The molecule has 0 radical (unpaired) electrons. The Hall–Kier alpha value is -7.33. The zero-order valence-electron chi connectivity index (χ0n) is 37.3. The van der Waals surface area contributed by atoms with Crippen LogP contribution in [0.2, 0.25) is 10.0 Å². The molecule has 0 bridgehead atoms. The minimum atomic E-state index is -1.08. The molecule has 2 saturated carbocycles. The minimum absolute atomic E-state index is 0. The van der Waals surface area contributed by atoms with Gasteiger partial charge < -0.3 is 33.8 Å². The molecule has 360 valence electrons. The number of carboxylic acid groups (broad SMARTS) is 1. The first-order valence-electron chi connectivity index (χ1n) is 21.9. The van der Waals surface area contributed by atoms with E-state index in [-0.39, 0.29) is 64.5 Å². The van der Waals surface area contributed by atoms with Crippen molar-refractivity contribution in [1.82, 2.24) is 72.8 Å². The summed E-state index contributed by atoms with van der Waals surface area (Å²) < 4.78 is 38.1. The van der Waals surface area contributed by atoms with Gasteiger partial charge in [0.25, 0.3) is 5.91 Å². The third-order valence-corrected chi connectivity index (χ3v) is 12.7. The predicted octanol–water partition coefficient (Wildman–Crippen LogP) is 7.90. The van der Waals surface area contributed by atoms with Crippen LogP contribution < -0.4 is 11.1 Å². The van der Waals surface area contributed by atoms with Crippen LogP contribution in [0.15, 0.2) is 98.6 Å². The number of nitrogens with one attached hydrogen (secondary N) is 1. The summed E-state index contributed by atoms with van der Waals surface area (Å²) in [5.74, 6) is -1.21. The maximum Gasteiger partial charge on any atom is 0.358 e. The molecule has 2 aliphatic carbocycles. The summed E-state index contributed by atoms with van der Waals surface area (Å²) >= 11 is 11.5. The molecule has 2 aliphatic rings. The van der Waals surface area contributed by atoms with Crippen LogP contribution in [0.5, 0.6) is 0 Å². The lowest BCUT2D eigenvalue weighted by atomic mass is 10.2. The number of hydrogen-bond acceptors (Lipinski definition) is 11. The molecular formula is C46H43Cl3F2N16O3. The standard InChI is InChI=1S/C23H20ClFN8O.C15H15N5O2.C8H7ClFN3.ClH/c1-13(18-10-32-9-15(14-2-3-14)4-5-20(32)28-18)33-11-19(29-30-33)23(34)26-8-17-22-21(25)16(24)6-7-31(22)12-27-17;1-9(20-8-13(15(21)22)17-18-20)12-7-19-6-11(10-2-3-10)4-5-14(19)16-12;9-5-1-2-13-4-12-6(3-11)8(13)7(5)10;/h4-7,9-14H,2-3,8H2,1H3,(H,26,34);4-10H,2-3H2,1H3,(H,21,22);1-2,4H,3,11H2;1H. The Bertz CT molecular complexity index is 3550. The quantitative estimate of drug-likeness (QED) is 0.113. The molecule has 4 N–H and O–H groups in total. The third kappa shape index (κ3) is 9.64. The number of fused-ring (bicyclic) bond motifs is 4. The second-order valence-corrected chi connectivity index (χ2v) is 17.7. The summed E-state index contributed by atoms with van der Waals surface area (Å²) in [5, 5.41) is 27.4. The second kappa shape index (κ2) is 19.6. The fraction of sp³-hybridized carbons (Fsp3) is 0.261. The molecule has 2 unspecified atom stereocenters. The molecule has 0 saturated heterocycles. The van der Waals surface area contributed by atoms with Gasteiger partial charge in [-0.3, -0.25) is 4.79 Å². The Morgan fingerprint density at radius 1 is 0.700 bits per heavy atom. The van der Waals surface area contributed by atoms with Gasteiger partial charge in [0.15, 0.2) is 23.0 Å². The van der Waals surface area contributed by atoms with Crippen molar-refractivity contribution in [3.8, 4) is 0 Å². The third-order valence-electron chi connectivity index (χ3n) is 12.2. The fourth-order valence-electron chi connectivity index (χ4n) is 7.88. The topological polar surface area (TPSA) is 223 Å². The number of carbonyl (C=O) groups is 2. The highest BCUT2D eigenvalue weighted by molar-refractivity contribution is 6.31. The highest BCUT2D eigenvalue weighted by Crippen LogP contribution is 2.41. The van der Waals surface area contributed by atoms with Crippen LogP contribution in [0.4, 0.5) is 8.78 Å². The van der Waals surface area contributed by atoms with E-state index in [1.807, 2.05) is 47.2 Å². The van der Waals surface area contributed by atoms with Crippen LogP contribution in [0.3, 0.4) is 0 Å². The van der Waals surface area contributed by atoms with Crippen molar-refractivity contribution in [1.29, 1.82) is 0 Å². The van der Waals surface area contributed by atoms with E-state index >= 15 is 0 Å². The Balaban J connectivity index is 0.000000144. The van der Waals surface area contributed by atoms with E-state index < -0.39 is 23.5 Å². The summed E-state index contributed by atoms with van der Waals surface area (Å²) in [6.07, 6.45) is 22.4. The highest BCUT2D eigenvalue weighted by atomic mass is 35.5. The molecular weight excluding hydrogens is 969 g/mol. The molecule has 24 heteroatoms. The van der Waals surface area contributed by atoms with Gasteiger partial charge in [-0.15, -0.1) is 22.6 Å². The molecule has 10 aromatic heterocycles. The maximum absolute atomic E-state index is 14.4. The number of pyridine rings is 4. The number of imidazole rings is 4. The van der Waals surface area contributed by atoms with Gasteiger partial charge in [-0.2, -0.15) is 0 Å². The first-order chi connectivity index (χ1) is 33.3. The van der Waals surface area contributed by atoms with Gasteiger partial charge in [0.05, 0.1) is 76.5 Å². The summed E-state index contributed by atoms with van der Waals surface area (Å²) in [4.78, 5) is 40.9. The summed E-state index contributed by atoms with van der Waals surface area (Å²) in [6.45, 7) is 4.09. The van der Waals surface area contributed by atoms with E-state index in [1.54, 1.807) is 27.7 Å². The lowest BCUT2D eigenvalue weighted by Crippen LogP contribution is -2.23. The number of nitrogens with zero attached hydrogens (tertiary/aromatic N) is 14. The van der Waals surface area contributed by atoms with Crippen LogP contribution in [0.25, 0.3) is 22.3 Å². The van der Waals surface area contributed by atoms with Crippen molar-refractivity contribution in [2.45, 2.75) is 76.5 Å². The normalized spacial score (nSPS) is 14.2. The van der Waals surface area contributed by atoms with Crippen LogP contribution in [0, 0.1) is 11.6 Å². The Morgan fingerprint density at radius 3 is 1.64 bits per heavy atom. The van der Waals surface area contributed by atoms with Gasteiger partial charge in [0, 0.05) is 43.7 Å². The molecule has 2 atom stereocenters. The number of aromatic nitrogens is 14. The molecule has 2 fully saturated rings. The van der Waals surface area contributed by atoms with Crippen LogP contribution in [-0.4, -0.2) is 84.5 Å². The van der Waals surface area contributed by atoms with Gasteiger partial charge in [-0.25, -0.2) is 42.9 Å². The number of amides is 1. The summed E-state index contributed by atoms with van der Waals surface area (Å²) in [6, 6.07) is 10.8. The molecule has 12 rings (SSSR count). The first-order valence-corrected chi connectivity index (χ1v) is 22.7. The SMILES string of the molecule is CC(c1cn2cc(C3CC3)ccc2n1)n1cc(C(=O)NCc2ncn3ccc(Cl)c(F)c23)nn1.CC(c1cn2cc(C3CC3)ccc2n1)n1cc(C(=O)O)nn1.Cl.NCc1ncn2ccc(Cl)c(F)c12. The Morgan fingerprint density at radius 2 is 1.17 bits per heavy atom. The number of nitrogens with two attached hydrogens (primary N) is 1. The number of carbonyl (C=O) groups excluding carboxylic acids is 1. The maximum atomic E-state index is 14.4. The molecule has 10 heterocycles. The number of carboxylic acids is 1. The smallest absolute Gasteiger partial charge is 0.358 e. The number of hydrogen-bond donors (Lipinski definition) is 3. The van der Waals surface area contributed by atoms with Crippen LogP contribution in [-0.2, 0) is 13.1 Å². The highest BCUT2D eigenvalue weighted by Gasteiger charge is 2.26. The van der Waals surface area contributed by atoms with Gasteiger partial charge >= 0.3 is 5.97 Å². The van der Waals surface area contributed by atoms with Crippen molar-refractivity contribution < 1.29 is 23.5 Å². The number of aromatic carboxylic acids is 1. The van der Waals surface area contributed by atoms with Gasteiger partial charge in [0.2, 0.25) is 0 Å². The average molecular weight is 1010 g/mol. The molecule has 0 spiro atoms. The molecule has 70 heavy (non-hydrogen) atoms. The Labute approximate surface area is 412 Å². The summed E-state index contributed by atoms with van der Waals surface area (Å²) in [5.41, 5.74) is 13.0. The van der Waals surface area contributed by atoms with E-state index in [0.717, 1.165) is 22.7 Å². The fourth-order valence-corrected chi connectivity index (χ4v) is 8.18. The lowest BCUT2D eigenvalue weighted by Gasteiger charge is -2.07. The van der Waals surface area contributed by atoms with Crippen LogP contribution in [0.1, 0.15) is 118 Å². The number of rotatable bonds is 11. The van der Waals surface area contributed by atoms with Crippen molar-refractivity contribution >= 4 is 69.8 Å². The van der Waals surface area contributed by atoms with Gasteiger partial charge in [0.1, 0.15) is 22.3 Å². The zero-order chi connectivity index (χ0) is 48.1. The van der Waals surface area contributed by atoms with Crippen molar-refractivity contribution in [2.24, 2.45) is 5.73 Å². The van der Waals surface area contributed by atoms with E-state index in [2.05, 4.69) is 65.4 Å². The first kappa shape index (κ1) is 47.7. The van der Waals surface area contributed by atoms with Gasteiger partial charge in [-0.05, 0) is 86.8 Å². The molecule has 0 aromatic carbocycles. The largest absolute Gasteiger partial charge is 0.476 e. The molecule has 0 aliphatic heterocycles. The summed E-state index contributed by atoms with van der Waals surface area (Å²) in [7, 11) is 0. The number of halogens is 5. The molecule has 19 nitrogen and oxygen atoms in total. The predicted molar refractivity (Wildman–Crippen MR) is 256 cm³/mol. The van der Waals surface area contributed by atoms with E-state index in [0.29, 0.717) is 28.7 Å². The van der Waals surface area contributed by atoms with Gasteiger partial charge in [-0.1, -0.05) is 45.8 Å². The van der Waals surface area contributed by atoms with E-state index in [9.17, 15) is 18.4 Å². The van der Waals surface area contributed by atoms with Crippen molar-refractivity contribution in [3.05, 3.63) is 166 Å². The molecule has 1 amide bonds. The van der Waals surface area contributed by atoms with Crippen molar-refractivity contribution in [3.63, 3.8) is 0 Å². The Kier molecular flexibility index (Phi) is 13.3. The van der Waals surface area contributed by atoms with Crippen LogP contribution >= 0.6 is 35.6 Å². The van der Waals surface area contributed by atoms with E-state index in [4.69, 9.17) is 39.0 Å².